The summed E-state index contributed by atoms with van der Waals surface area (Å²) < 4.78 is 6.45. The molecule has 0 bridgehead atoms. The van der Waals surface area contributed by atoms with Gasteiger partial charge in [0.25, 0.3) is 5.91 Å². The van der Waals surface area contributed by atoms with E-state index in [1.54, 1.807) is 0 Å². The third-order valence-electron chi connectivity index (χ3n) is 5.30. The molecule has 1 aromatic carbocycles. The van der Waals surface area contributed by atoms with Gasteiger partial charge < -0.3 is 10.1 Å². The number of rotatable bonds is 18. The standard InChI is InChI=1S/C25H42BrNO2/c1-3-5-6-7-8-9-10-11-12-13-14-15-16-17-20-27-25(28)23-21-22(26)18-19-24(23)29-4-2/h18-19,21H,3-17,20H2,1-2H3,(H,27,28). The minimum atomic E-state index is -0.0514. The summed E-state index contributed by atoms with van der Waals surface area (Å²) in [6, 6.07) is 5.57. The van der Waals surface area contributed by atoms with E-state index >= 15 is 0 Å². The number of amides is 1. The van der Waals surface area contributed by atoms with E-state index in [9.17, 15) is 4.79 Å². The lowest BCUT2D eigenvalue weighted by molar-refractivity contribution is 0.0949. The van der Waals surface area contributed by atoms with Gasteiger partial charge in [-0.1, -0.05) is 106 Å². The van der Waals surface area contributed by atoms with E-state index in [-0.39, 0.29) is 5.91 Å². The zero-order chi connectivity index (χ0) is 21.2. The molecule has 0 fully saturated rings. The van der Waals surface area contributed by atoms with Crippen LogP contribution in [0.25, 0.3) is 0 Å². The minimum Gasteiger partial charge on any atom is -0.493 e. The van der Waals surface area contributed by atoms with Crippen molar-refractivity contribution in [2.45, 2.75) is 104 Å². The van der Waals surface area contributed by atoms with Gasteiger partial charge in [0, 0.05) is 11.0 Å². The van der Waals surface area contributed by atoms with Gasteiger partial charge >= 0.3 is 0 Å². The first-order valence-electron chi connectivity index (χ1n) is 11.9. The molecule has 1 N–H and O–H groups in total. The number of carbonyl (C=O) groups is 1. The van der Waals surface area contributed by atoms with Gasteiger partial charge in [-0.3, -0.25) is 4.79 Å². The van der Waals surface area contributed by atoms with Crippen molar-refractivity contribution in [2.24, 2.45) is 0 Å². The topological polar surface area (TPSA) is 38.3 Å². The molecule has 0 aliphatic rings. The first-order chi connectivity index (χ1) is 14.2. The number of ether oxygens (including phenoxy) is 1. The third-order valence-corrected chi connectivity index (χ3v) is 5.80. The smallest absolute Gasteiger partial charge is 0.255 e. The predicted molar refractivity (Wildman–Crippen MR) is 128 cm³/mol. The molecule has 0 unspecified atom stereocenters. The second kappa shape index (κ2) is 17.8. The number of nitrogens with one attached hydrogen (secondary N) is 1. The van der Waals surface area contributed by atoms with Gasteiger partial charge in [0.05, 0.1) is 12.2 Å². The molecule has 0 heterocycles. The van der Waals surface area contributed by atoms with Crippen molar-refractivity contribution >= 4 is 21.8 Å². The maximum Gasteiger partial charge on any atom is 0.255 e. The molecule has 0 atom stereocenters. The van der Waals surface area contributed by atoms with E-state index in [1.807, 2.05) is 25.1 Å². The highest BCUT2D eigenvalue weighted by atomic mass is 79.9. The first-order valence-corrected chi connectivity index (χ1v) is 12.7. The van der Waals surface area contributed by atoms with Crippen LogP contribution in [0.15, 0.2) is 22.7 Å². The molecule has 0 spiro atoms. The Morgan fingerprint density at radius 1 is 0.828 bits per heavy atom. The van der Waals surface area contributed by atoms with E-state index in [2.05, 4.69) is 28.2 Å². The van der Waals surface area contributed by atoms with E-state index < -0.39 is 0 Å². The van der Waals surface area contributed by atoms with Gasteiger partial charge in [0.15, 0.2) is 0 Å². The summed E-state index contributed by atoms with van der Waals surface area (Å²) in [5, 5.41) is 3.03. The Kier molecular flexibility index (Phi) is 16.0. The summed E-state index contributed by atoms with van der Waals surface area (Å²) in [5.74, 6) is 0.596. The van der Waals surface area contributed by atoms with Crippen LogP contribution < -0.4 is 10.1 Å². The highest BCUT2D eigenvalue weighted by Crippen LogP contribution is 2.23. The fourth-order valence-corrected chi connectivity index (χ4v) is 3.94. The van der Waals surface area contributed by atoms with E-state index in [0.717, 1.165) is 17.4 Å². The highest BCUT2D eigenvalue weighted by molar-refractivity contribution is 9.10. The molecule has 166 valence electrons. The SMILES string of the molecule is CCCCCCCCCCCCCCCCNC(=O)c1cc(Br)ccc1OCC. The number of hydrogen-bond acceptors (Lipinski definition) is 2. The van der Waals surface area contributed by atoms with Crippen molar-refractivity contribution in [1.29, 1.82) is 0 Å². The maximum absolute atomic E-state index is 12.4. The lowest BCUT2D eigenvalue weighted by Crippen LogP contribution is -2.25. The Labute approximate surface area is 187 Å². The zero-order valence-electron chi connectivity index (χ0n) is 18.7. The normalized spacial score (nSPS) is 10.9. The lowest BCUT2D eigenvalue weighted by atomic mass is 10.0. The van der Waals surface area contributed by atoms with Crippen LogP contribution in [0.4, 0.5) is 0 Å². The van der Waals surface area contributed by atoms with Crippen molar-refractivity contribution in [3.63, 3.8) is 0 Å². The molecule has 0 aliphatic carbocycles. The highest BCUT2D eigenvalue weighted by Gasteiger charge is 2.12. The molecule has 1 aromatic rings. The zero-order valence-corrected chi connectivity index (χ0v) is 20.3. The average molecular weight is 469 g/mol. The predicted octanol–water partition coefficient (Wildman–Crippen LogP) is 8.06. The minimum absolute atomic E-state index is 0.0514. The molecular weight excluding hydrogens is 426 g/mol. The lowest BCUT2D eigenvalue weighted by Gasteiger charge is -2.11. The molecule has 29 heavy (non-hydrogen) atoms. The first kappa shape index (κ1) is 26.0. The summed E-state index contributed by atoms with van der Waals surface area (Å²) in [4.78, 5) is 12.4. The molecule has 0 saturated carbocycles. The second-order valence-electron chi connectivity index (χ2n) is 7.93. The van der Waals surface area contributed by atoms with Crippen LogP contribution in [0, 0.1) is 0 Å². The van der Waals surface area contributed by atoms with Crippen LogP contribution in [0.1, 0.15) is 114 Å². The van der Waals surface area contributed by atoms with Gasteiger partial charge in [-0.2, -0.15) is 0 Å². The van der Waals surface area contributed by atoms with E-state index in [4.69, 9.17) is 4.74 Å². The number of unbranched alkanes of at least 4 members (excludes halogenated alkanes) is 13. The Bertz CT molecular complexity index is 548. The summed E-state index contributed by atoms with van der Waals surface area (Å²) in [6.45, 7) is 5.49. The van der Waals surface area contributed by atoms with Crippen LogP contribution in [0.2, 0.25) is 0 Å². The van der Waals surface area contributed by atoms with E-state index in [0.29, 0.717) is 17.9 Å². The second-order valence-corrected chi connectivity index (χ2v) is 8.84. The van der Waals surface area contributed by atoms with Gasteiger partial charge in [0.2, 0.25) is 0 Å². The third kappa shape index (κ3) is 13.0. The molecule has 0 saturated heterocycles. The van der Waals surface area contributed by atoms with Crippen LogP contribution in [0.3, 0.4) is 0 Å². The molecule has 0 aliphatic heterocycles. The molecule has 1 amide bonds. The quantitative estimate of drug-likeness (QED) is 0.221. The molecule has 0 radical (unpaired) electrons. The Balaban J connectivity index is 1.98. The monoisotopic (exact) mass is 467 g/mol. The number of halogens is 1. The van der Waals surface area contributed by atoms with Gasteiger partial charge in [-0.15, -0.1) is 0 Å². The van der Waals surface area contributed by atoms with Crippen molar-refractivity contribution in [2.75, 3.05) is 13.2 Å². The van der Waals surface area contributed by atoms with Crippen LogP contribution in [0.5, 0.6) is 5.75 Å². The van der Waals surface area contributed by atoms with Gasteiger partial charge in [0.1, 0.15) is 5.75 Å². The molecular formula is C25H42BrNO2. The number of carbonyl (C=O) groups excluding carboxylic acids is 1. The Morgan fingerprint density at radius 2 is 1.34 bits per heavy atom. The maximum atomic E-state index is 12.4. The Hall–Kier alpha value is -1.03. The summed E-state index contributed by atoms with van der Waals surface area (Å²) in [7, 11) is 0. The number of hydrogen-bond donors (Lipinski definition) is 1. The Morgan fingerprint density at radius 3 is 1.86 bits per heavy atom. The fraction of sp³-hybridized carbons (Fsp3) is 0.720. The van der Waals surface area contributed by atoms with Crippen LogP contribution in [-0.2, 0) is 0 Å². The van der Waals surface area contributed by atoms with Crippen molar-refractivity contribution in [3.8, 4) is 5.75 Å². The van der Waals surface area contributed by atoms with Crippen molar-refractivity contribution in [3.05, 3.63) is 28.2 Å². The fourth-order valence-electron chi connectivity index (χ4n) is 3.58. The van der Waals surface area contributed by atoms with Crippen LogP contribution >= 0.6 is 15.9 Å². The largest absolute Gasteiger partial charge is 0.493 e. The average Bonchev–Trinajstić information content (AvgIpc) is 2.72. The molecule has 4 heteroatoms. The van der Waals surface area contributed by atoms with E-state index in [1.165, 1.54) is 83.5 Å². The van der Waals surface area contributed by atoms with Crippen molar-refractivity contribution < 1.29 is 9.53 Å². The van der Waals surface area contributed by atoms with Gasteiger partial charge in [-0.05, 0) is 31.5 Å². The molecule has 3 nitrogen and oxygen atoms in total. The summed E-state index contributed by atoms with van der Waals surface area (Å²) >= 11 is 3.43. The van der Waals surface area contributed by atoms with Crippen LogP contribution in [-0.4, -0.2) is 19.1 Å². The summed E-state index contributed by atoms with van der Waals surface area (Å²) in [6.07, 6.45) is 18.8. The van der Waals surface area contributed by atoms with Crippen molar-refractivity contribution in [1.82, 2.24) is 5.32 Å². The van der Waals surface area contributed by atoms with Gasteiger partial charge in [-0.25, -0.2) is 0 Å². The summed E-state index contributed by atoms with van der Waals surface area (Å²) in [5.41, 5.74) is 0.603. The molecule has 1 rings (SSSR count). The molecule has 0 aromatic heterocycles. The number of benzene rings is 1.